The average molecular weight is 269 g/mol. The van der Waals surface area contributed by atoms with Crippen LogP contribution in [0.1, 0.15) is 5.56 Å². The predicted molar refractivity (Wildman–Crippen MR) is 55.9 cm³/mol. The standard InChI is InChI=1S/C7H7Cl.CH3I/c8-6-7-4-2-1-3-5-7;1-2/h1-5H,6H2;1H3. The van der Waals surface area contributed by atoms with E-state index in [4.69, 9.17) is 11.6 Å². The molecule has 0 bridgehead atoms. The highest BCUT2D eigenvalue weighted by atomic mass is 127. The second-order valence-corrected chi connectivity index (χ2v) is 1.89. The minimum atomic E-state index is 0.612. The number of rotatable bonds is 1. The van der Waals surface area contributed by atoms with Crippen molar-refractivity contribution < 1.29 is 0 Å². The van der Waals surface area contributed by atoms with Crippen molar-refractivity contribution in [1.82, 2.24) is 0 Å². The number of hydrogen-bond donors (Lipinski definition) is 0. The van der Waals surface area contributed by atoms with Crippen LogP contribution in [0, 0.1) is 0 Å². The van der Waals surface area contributed by atoms with E-state index < -0.39 is 0 Å². The molecule has 0 amide bonds. The molecule has 1 rings (SSSR count). The molecule has 1 aromatic carbocycles. The molecule has 0 aliphatic rings. The minimum Gasteiger partial charge on any atom is -0.122 e. The lowest BCUT2D eigenvalue weighted by Crippen LogP contribution is -1.71. The molecule has 0 spiro atoms. The number of alkyl halides is 2. The van der Waals surface area contributed by atoms with Crippen LogP contribution in [-0.4, -0.2) is 4.93 Å². The third kappa shape index (κ3) is 4.12. The van der Waals surface area contributed by atoms with Crippen molar-refractivity contribution in [3.8, 4) is 0 Å². The van der Waals surface area contributed by atoms with E-state index in [1.165, 1.54) is 5.56 Å². The lowest BCUT2D eigenvalue weighted by Gasteiger charge is -1.88. The first-order chi connectivity index (χ1) is 4.93. The molecule has 0 nitrogen and oxygen atoms in total. The minimum absolute atomic E-state index is 0.612. The zero-order valence-corrected chi connectivity index (χ0v) is 8.76. The zero-order chi connectivity index (χ0) is 7.82. The van der Waals surface area contributed by atoms with Gasteiger partial charge in [0.2, 0.25) is 0 Å². The van der Waals surface area contributed by atoms with Crippen LogP contribution in [0.2, 0.25) is 0 Å². The van der Waals surface area contributed by atoms with Crippen LogP contribution in [0.15, 0.2) is 30.3 Å². The molecule has 1 aromatic rings. The van der Waals surface area contributed by atoms with Crippen molar-refractivity contribution in [3.05, 3.63) is 35.9 Å². The maximum absolute atomic E-state index is 5.53. The van der Waals surface area contributed by atoms with Crippen molar-refractivity contribution in [1.29, 1.82) is 0 Å². The van der Waals surface area contributed by atoms with E-state index in [1.54, 1.807) is 0 Å². The van der Waals surface area contributed by atoms with E-state index in [-0.39, 0.29) is 0 Å². The van der Waals surface area contributed by atoms with Crippen LogP contribution in [0.3, 0.4) is 0 Å². The van der Waals surface area contributed by atoms with Crippen LogP contribution in [0.4, 0.5) is 0 Å². The largest absolute Gasteiger partial charge is 0.122 e. The smallest absolute Gasteiger partial charge is 0.0474 e. The Morgan fingerprint density at radius 2 is 1.70 bits per heavy atom. The first-order valence-electron chi connectivity index (χ1n) is 2.91. The van der Waals surface area contributed by atoms with E-state index in [2.05, 4.69) is 22.6 Å². The lowest BCUT2D eigenvalue weighted by molar-refractivity contribution is 1.41. The Balaban J connectivity index is 0.000000371. The van der Waals surface area contributed by atoms with Crippen LogP contribution < -0.4 is 0 Å². The van der Waals surface area contributed by atoms with Crippen molar-refractivity contribution in [2.45, 2.75) is 5.88 Å². The first kappa shape index (κ1) is 10.2. The molecular weight excluding hydrogens is 258 g/mol. The predicted octanol–water partition coefficient (Wildman–Crippen LogP) is 3.48. The monoisotopic (exact) mass is 268 g/mol. The van der Waals surface area contributed by atoms with Crippen molar-refractivity contribution in [3.63, 3.8) is 0 Å². The van der Waals surface area contributed by atoms with Gasteiger partial charge in [-0.2, -0.15) is 0 Å². The van der Waals surface area contributed by atoms with Gasteiger partial charge in [-0.15, -0.1) is 11.6 Å². The molecule has 0 saturated carbocycles. The summed E-state index contributed by atoms with van der Waals surface area (Å²) in [4.78, 5) is 1.97. The molecule has 56 valence electrons. The SMILES string of the molecule is CI.ClCc1ccccc1. The van der Waals surface area contributed by atoms with E-state index in [0.29, 0.717) is 5.88 Å². The van der Waals surface area contributed by atoms with Gasteiger partial charge in [0.05, 0.1) is 0 Å². The normalized spacial score (nSPS) is 7.90. The Hall–Kier alpha value is 0.240. The average Bonchev–Trinajstić information content (AvgIpc) is 2.10. The summed E-state index contributed by atoms with van der Waals surface area (Å²) in [5, 5.41) is 0. The summed E-state index contributed by atoms with van der Waals surface area (Å²) in [6, 6.07) is 9.96. The molecule has 0 saturated heterocycles. The summed E-state index contributed by atoms with van der Waals surface area (Å²) in [5.74, 6) is 0.612. The second-order valence-electron chi connectivity index (χ2n) is 1.62. The number of hydrogen-bond acceptors (Lipinski definition) is 0. The van der Waals surface area contributed by atoms with Crippen LogP contribution in [-0.2, 0) is 5.88 Å². The van der Waals surface area contributed by atoms with Gasteiger partial charge in [0.25, 0.3) is 0 Å². The van der Waals surface area contributed by atoms with Crippen molar-refractivity contribution >= 4 is 34.2 Å². The third-order valence-electron chi connectivity index (χ3n) is 0.997. The third-order valence-corrected chi connectivity index (χ3v) is 1.31. The molecule has 0 N–H and O–H groups in total. The lowest BCUT2D eigenvalue weighted by atomic mass is 10.2. The Kier molecular flexibility index (Phi) is 7.52. The summed E-state index contributed by atoms with van der Waals surface area (Å²) in [6.45, 7) is 0. The van der Waals surface area contributed by atoms with Gasteiger partial charge in [0.15, 0.2) is 0 Å². The second kappa shape index (κ2) is 7.35. The summed E-state index contributed by atoms with van der Waals surface area (Å²) >= 11 is 7.68. The molecule has 0 radical (unpaired) electrons. The summed E-state index contributed by atoms with van der Waals surface area (Å²) < 4.78 is 0. The fourth-order valence-electron chi connectivity index (χ4n) is 0.567. The van der Waals surface area contributed by atoms with Gasteiger partial charge in [0, 0.05) is 5.88 Å². The highest BCUT2D eigenvalue weighted by Gasteiger charge is 1.81. The van der Waals surface area contributed by atoms with E-state index in [0.717, 1.165) is 0 Å². The van der Waals surface area contributed by atoms with Gasteiger partial charge in [-0.1, -0.05) is 52.9 Å². The molecule has 0 unspecified atom stereocenters. The molecule has 0 aromatic heterocycles. The van der Waals surface area contributed by atoms with Gasteiger partial charge in [0.1, 0.15) is 0 Å². The Morgan fingerprint density at radius 3 is 2.00 bits per heavy atom. The maximum atomic E-state index is 5.53. The molecule has 0 atom stereocenters. The summed E-state index contributed by atoms with van der Waals surface area (Å²) in [7, 11) is 0. The first-order valence-corrected chi connectivity index (χ1v) is 5.60. The maximum Gasteiger partial charge on any atom is 0.0474 e. The fraction of sp³-hybridized carbons (Fsp3) is 0.250. The fourth-order valence-corrected chi connectivity index (χ4v) is 0.745. The van der Waals surface area contributed by atoms with Gasteiger partial charge in [-0.3, -0.25) is 0 Å². The highest BCUT2D eigenvalue weighted by Crippen LogP contribution is 2.00. The van der Waals surface area contributed by atoms with E-state index >= 15 is 0 Å². The van der Waals surface area contributed by atoms with E-state index in [1.807, 2.05) is 35.3 Å². The van der Waals surface area contributed by atoms with Gasteiger partial charge < -0.3 is 0 Å². The highest BCUT2D eigenvalue weighted by molar-refractivity contribution is 14.1. The van der Waals surface area contributed by atoms with Gasteiger partial charge in [-0.25, -0.2) is 0 Å². The topological polar surface area (TPSA) is 0 Å². The Morgan fingerprint density at radius 1 is 1.20 bits per heavy atom. The Bertz CT molecular complexity index is 151. The number of halogens is 2. The quantitative estimate of drug-likeness (QED) is 0.540. The summed E-state index contributed by atoms with van der Waals surface area (Å²) in [5.41, 5.74) is 1.18. The molecule has 2 heteroatoms. The molecule has 0 fully saturated rings. The number of benzene rings is 1. The van der Waals surface area contributed by atoms with Crippen LogP contribution in [0.5, 0.6) is 0 Å². The van der Waals surface area contributed by atoms with Crippen LogP contribution in [0.25, 0.3) is 0 Å². The van der Waals surface area contributed by atoms with Crippen molar-refractivity contribution in [2.24, 2.45) is 0 Å². The molecule has 0 heterocycles. The Labute approximate surface area is 80.7 Å². The molecule has 10 heavy (non-hydrogen) atoms. The summed E-state index contributed by atoms with van der Waals surface area (Å²) in [6.07, 6.45) is 0. The van der Waals surface area contributed by atoms with Crippen molar-refractivity contribution in [2.75, 3.05) is 4.93 Å². The molecular formula is C8H10ClI. The van der Waals surface area contributed by atoms with Crippen LogP contribution >= 0.6 is 34.2 Å². The van der Waals surface area contributed by atoms with Gasteiger partial charge in [-0.05, 0) is 10.5 Å². The van der Waals surface area contributed by atoms with E-state index in [9.17, 15) is 0 Å². The molecule has 0 aliphatic heterocycles. The molecule has 0 aliphatic carbocycles. The van der Waals surface area contributed by atoms with Gasteiger partial charge >= 0.3 is 0 Å². The zero-order valence-electron chi connectivity index (χ0n) is 5.85.